The molecule has 0 radical (unpaired) electrons. The number of nitrogens with one attached hydrogen (secondary N) is 2. The Morgan fingerprint density at radius 2 is 2.19 bits per heavy atom. The van der Waals surface area contributed by atoms with Crippen molar-refractivity contribution in [3.8, 4) is 0 Å². The van der Waals surface area contributed by atoms with Gasteiger partial charge in [-0.05, 0) is 37.3 Å². The van der Waals surface area contributed by atoms with Crippen molar-refractivity contribution in [2.75, 3.05) is 26.7 Å². The highest BCUT2D eigenvalue weighted by Gasteiger charge is 2.27. The second-order valence-corrected chi connectivity index (χ2v) is 7.00. The Balaban J connectivity index is 1.80. The molecule has 2 rings (SSSR count). The molecule has 0 atom stereocenters. The minimum atomic E-state index is -0.516. The summed E-state index contributed by atoms with van der Waals surface area (Å²) in [6.07, 6.45) is 0.947. The summed E-state index contributed by atoms with van der Waals surface area (Å²) < 4.78 is 0. The van der Waals surface area contributed by atoms with E-state index in [0.717, 1.165) is 13.0 Å². The smallest absolute Gasteiger partial charge is 0.236 e. The average molecular weight is 309 g/mol. The number of carbonyl (C=O) groups is 2. The number of rotatable bonds is 5. The zero-order valence-electron chi connectivity index (χ0n) is 12.9. The summed E-state index contributed by atoms with van der Waals surface area (Å²) >= 11 is 1.77. The molecule has 116 valence electrons. The van der Waals surface area contributed by atoms with E-state index in [0.29, 0.717) is 13.1 Å². The summed E-state index contributed by atoms with van der Waals surface area (Å²) in [7, 11) is 1.63. The van der Waals surface area contributed by atoms with Crippen LogP contribution in [0, 0.1) is 5.41 Å². The number of amides is 2. The fourth-order valence-electron chi connectivity index (χ4n) is 2.47. The fourth-order valence-corrected chi connectivity index (χ4v) is 3.36. The fraction of sp³-hybridized carbons (Fsp3) is 0.600. The van der Waals surface area contributed by atoms with Gasteiger partial charge in [0.15, 0.2) is 0 Å². The average Bonchev–Trinajstić information content (AvgIpc) is 2.93. The van der Waals surface area contributed by atoms with E-state index in [-0.39, 0.29) is 18.4 Å². The Morgan fingerprint density at radius 1 is 1.43 bits per heavy atom. The van der Waals surface area contributed by atoms with Gasteiger partial charge in [-0.2, -0.15) is 0 Å². The molecule has 5 nitrogen and oxygen atoms in total. The molecule has 0 saturated carbocycles. The molecule has 0 aromatic carbocycles. The van der Waals surface area contributed by atoms with Crippen molar-refractivity contribution >= 4 is 23.2 Å². The van der Waals surface area contributed by atoms with Gasteiger partial charge in [-0.15, -0.1) is 11.3 Å². The standard InChI is InChI=1S/C15H23N3O2S/c1-15(2,14(20)16-3)10-17-8-13(19)18-6-4-12-11(9-18)5-7-21-12/h5,7,17H,4,6,8-10H2,1-3H3,(H,16,20). The van der Waals surface area contributed by atoms with E-state index >= 15 is 0 Å². The van der Waals surface area contributed by atoms with Crippen molar-refractivity contribution in [3.05, 3.63) is 21.9 Å². The predicted octanol–water partition coefficient (Wildman–Crippen LogP) is 0.995. The minimum absolute atomic E-state index is 0.0247. The second kappa shape index (κ2) is 6.58. The number of nitrogens with zero attached hydrogens (tertiary/aromatic N) is 1. The molecule has 2 amide bonds. The zero-order chi connectivity index (χ0) is 15.5. The summed E-state index contributed by atoms with van der Waals surface area (Å²) in [6, 6.07) is 2.10. The molecule has 2 heterocycles. The first-order valence-corrected chi connectivity index (χ1v) is 8.08. The lowest BCUT2D eigenvalue weighted by Gasteiger charge is -2.28. The van der Waals surface area contributed by atoms with E-state index in [2.05, 4.69) is 22.1 Å². The van der Waals surface area contributed by atoms with Gasteiger partial charge in [0.2, 0.25) is 11.8 Å². The number of hydrogen-bond donors (Lipinski definition) is 2. The van der Waals surface area contributed by atoms with Gasteiger partial charge >= 0.3 is 0 Å². The van der Waals surface area contributed by atoms with Crippen molar-refractivity contribution in [1.29, 1.82) is 0 Å². The Hall–Kier alpha value is -1.40. The number of carbonyl (C=O) groups excluding carboxylic acids is 2. The third-order valence-electron chi connectivity index (χ3n) is 3.85. The lowest BCUT2D eigenvalue weighted by Crippen LogP contribution is -2.46. The molecule has 0 spiro atoms. The lowest BCUT2D eigenvalue weighted by molar-refractivity contribution is -0.132. The maximum absolute atomic E-state index is 12.2. The Kier molecular flexibility index (Phi) is 5.00. The highest BCUT2D eigenvalue weighted by molar-refractivity contribution is 7.10. The molecule has 2 N–H and O–H groups in total. The van der Waals surface area contributed by atoms with Crippen LogP contribution in [0.3, 0.4) is 0 Å². The predicted molar refractivity (Wildman–Crippen MR) is 84.2 cm³/mol. The van der Waals surface area contributed by atoms with E-state index in [1.54, 1.807) is 18.4 Å². The highest BCUT2D eigenvalue weighted by Crippen LogP contribution is 2.23. The van der Waals surface area contributed by atoms with Crippen LogP contribution in [0.5, 0.6) is 0 Å². The van der Waals surface area contributed by atoms with Crippen LogP contribution in [0.4, 0.5) is 0 Å². The van der Waals surface area contributed by atoms with Gasteiger partial charge in [-0.1, -0.05) is 0 Å². The van der Waals surface area contributed by atoms with Crippen LogP contribution in [0.2, 0.25) is 0 Å². The second-order valence-electron chi connectivity index (χ2n) is 6.00. The van der Waals surface area contributed by atoms with Crippen LogP contribution in [-0.2, 0) is 22.6 Å². The molecular weight excluding hydrogens is 286 g/mol. The largest absolute Gasteiger partial charge is 0.359 e. The first-order valence-electron chi connectivity index (χ1n) is 7.20. The van der Waals surface area contributed by atoms with Gasteiger partial charge < -0.3 is 15.5 Å². The molecular formula is C15H23N3O2S. The summed E-state index contributed by atoms with van der Waals surface area (Å²) in [5, 5.41) is 7.83. The SMILES string of the molecule is CNC(=O)C(C)(C)CNCC(=O)N1CCc2sccc2C1. The van der Waals surface area contributed by atoms with Gasteiger partial charge in [-0.3, -0.25) is 9.59 Å². The number of thiophene rings is 1. The topological polar surface area (TPSA) is 61.4 Å². The van der Waals surface area contributed by atoms with E-state index in [9.17, 15) is 9.59 Å². The molecule has 0 bridgehead atoms. The Bertz CT molecular complexity index is 525. The van der Waals surface area contributed by atoms with E-state index in [1.165, 1.54) is 10.4 Å². The summed E-state index contributed by atoms with van der Waals surface area (Å²) in [5.41, 5.74) is 0.752. The van der Waals surface area contributed by atoms with Gasteiger partial charge in [0, 0.05) is 31.6 Å². The van der Waals surface area contributed by atoms with E-state index in [4.69, 9.17) is 0 Å². The van der Waals surface area contributed by atoms with Crippen LogP contribution < -0.4 is 10.6 Å². The Morgan fingerprint density at radius 3 is 2.90 bits per heavy atom. The molecule has 1 aliphatic heterocycles. The number of fused-ring (bicyclic) bond motifs is 1. The van der Waals surface area contributed by atoms with Crippen LogP contribution in [-0.4, -0.2) is 43.4 Å². The monoisotopic (exact) mass is 309 g/mol. The van der Waals surface area contributed by atoms with Gasteiger partial charge in [0.1, 0.15) is 0 Å². The number of hydrogen-bond acceptors (Lipinski definition) is 4. The van der Waals surface area contributed by atoms with Crippen molar-refractivity contribution in [2.24, 2.45) is 5.41 Å². The third kappa shape index (κ3) is 3.83. The molecule has 0 unspecified atom stereocenters. The normalized spacial score (nSPS) is 14.7. The molecule has 1 aromatic heterocycles. The van der Waals surface area contributed by atoms with Crippen LogP contribution in [0.1, 0.15) is 24.3 Å². The minimum Gasteiger partial charge on any atom is -0.359 e. The van der Waals surface area contributed by atoms with Crippen molar-refractivity contribution in [1.82, 2.24) is 15.5 Å². The van der Waals surface area contributed by atoms with Gasteiger partial charge in [0.05, 0.1) is 12.0 Å². The molecule has 21 heavy (non-hydrogen) atoms. The molecule has 6 heteroatoms. The van der Waals surface area contributed by atoms with Gasteiger partial charge in [0.25, 0.3) is 0 Å². The first-order chi connectivity index (χ1) is 9.94. The maximum Gasteiger partial charge on any atom is 0.236 e. The Labute approximate surface area is 129 Å². The summed E-state index contributed by atoms with van der Waals surface area (Å²) in [6.45, 7) is 5.98. The first kappa shape index (κ1) is 16.0. The zero-order valence-corrected chi connectivity index (χ0v) is 13.7. The molecule has 0 aliphatic carbocycles. The lowest BCUT2D eigenvalue weighted by atomic mass is 9.92. The van der Waals surface area contributed by atoms with Crippen molar-refractivity contribution in [2.45, 2.75) is 26.8 Å². The molecule has 1 aromatic rings. The van der Waals surface area contributed by atoms with E-state index < -0.39 is 5.41 Å². The van der Waals surface area contributed by atoms with Crippen LogP contribution in [0.15, 0.2) is 11.4 Å². The van der Waals surface area contributed by atoms with E-state index in [1.807, 2.05) is 18.7 Å². The van der Waals surface area contributed by atoms with Crippen molar-refractivity contribution in [3.63, 3.8) is 0 Å². The molecule has 0 saturated heterocycles. The summed E-state index contributed by atoms with van der Waals surface area (Å²) in [5.74, 6) is 0.0721. The molecule has 0 fully saturated rings. The van der Waals surface area contributed by atoms with Crippen LogP contribution in [0.25, 0.3) is 0 Å². The highest BCUT2D eigenvalue weighted by atomic mass is 32.1. The molecule has 1 aliphatic rings. The quantitative estimate of drug-likeness (QED) is 0.853. The van der Waals surface area contributed by atoms with Crippen molar-refractivity contribution < 1.29 is 9.59 Å². The maximum atomic E-state index is 12.2. The van der Waals surface area contributed by atoms with Crippen LogP contribution >= 0.6 is 11.3 Å². The van der Waals surface area contributed by atoms with Gasteiger partial charge in [-0.25, -0.2) is 0 Å². The summed E-state index contributed by atoms with van der Waals surface area (Å²) in [4.78, 5) is 27.2. The third-order valence-corrected chi connectivity index (χ3v) is 4.87.